The van der Waals surface area contributed by atoms with Gasteiger partial charge in [0.1, 0.15) is 0 Å². The average molecular weight is 1470 g/mol. The molecule has 0 saturated carbocycles. The van der Waals surface area contributed by atoms with Gasteiger partial charge in [-0.1, -0.05) is 396 Å². The largest absolute Gasteiger partial charge is 0.310 e. The first-order chi connectivity index (χ1) is 56.3. The molecule has 15 aromatic carbocycles. The second-order valence-corrected chi connectivity index (χ2v) is 31.2. The van der Waals surface area contributed by atoms with Crippen molar-refractivity contribution < 1.29 is 0 Å². The summed E-state index contributed by atoms with van der Waals surface area (Å²) in [5.74, 6) is 0. The second-order valence-electron chi connectivity index (χ2n) is 31.2. The number of benzene rings is 15. The second kappa shape index (κ2) is 33.0. The minimum absolute atomic E-state index is 0.658. The number of aryl methyl sites for hydroxylation is 2. The third-order valence-corrected chi connectivity index (χ3v) is 24.7. The molecule has 0 spiro atoms. The highest BCUT2D eigenvalue weighted by atomic mass is 15.2. The summed E-state index contributed by atoms with van der Waals surface area (Å²) in [5.41, 5.74) is 32.2. The third-order valence-electron chi connectivity index (χ3n) is 24.7. The van der Waals surface area contributed by atoms with E-state index in [1.165, 1.54) is 186 Å². The van der Waals surface area contributed by atoms with E-state index in [9.17, 15) is 0 Å². The normalized spacial score (nSPS) is 12.7. The van der Waals surface area contributed by atoms with E-state index in [1.54, 1.807) is 0 Å². The highest BCUT2D eigenvalue weighted by Gasteiger charge is 2.49. The molecule has 0 radical (unpaired) electrons. The number of anilines is 6. The molecule has 0 N–H and O–H groups in total. The molecule has 2 aliphatic carbocycles. The van der Waals surface area contributed by atoms with Crippen molar-refractivity contribution in [3.8, 4) is 44.5 Å². The molecule has 0 aromatic heterocycles. The van der Waals surface area contributed by atoms with Crippen LogP contribution in [0.4, 0.5) is 34.1 Å². The summed E-state index contributed by atoms with van der Waals surface area (Å²) in [6.07, 6.45) is 24.3. The SMILES string of the molecule is C=Cc1ccc(C2(c3ccc(C=C)cc3)c3ccccc3-c3c(N(c4ccc(-c5ccccc5)cc4)c4ccc5c(c4)c(CCCCCCCC)c(CCCCCCCC)c4cc(N(c6ccc(-c7ccccc7)cc6)c6cccc7c6-c6ccccc6C7(c6ccc(C=C)cc6)c6ccc(C=C)cc6)ccc45)cccc32)cc1. The van der Waals surface area contributed by atoms with Crippen LogP contribution < -0.4 is 9.80 Å². The van der Waals surface area contributed by atoms with E-state index in [0.717, 1.165) is 82.1 Å². The maximum absolute atomic E-state index is 4.19. The van der Waals surface area contributed by atoms with Gasteiger partial charge in [0, 0.05) is 33.9 Å². The summed E-state index contributed by atoms with van der Waals surface area (Å²) in [5, 5.41) is 5.24. The smallest absolute Gasteiger partial charge is 0.0714 e. The van der Waals surface area contributed by atoms with Crippen LogP contribution in [0.25, 0.3) is 90.4 Å². The Morgan fingerprint density at radius 2 is 0.553 bits per heavy atom. The quantitative estimate of drug-likeness (QED) is 0.0327. The summed E-state index contributed by atoms with van der Waals surface area (Å²) >= 11 is 0. The molecule has 0 bridgehead atoms. The lowest BCUT2D eigenvalue weighted by molar-refractivity contribution is 0.600. The minimum atomic E-state index is -0.658. The molecule has 0 unspecified atom stereocenters. The standard InChI is InChI=1S/C112H100N2/c1-7-13-15-17-19-27-39-95-96(40-28-20-18-16-14-8-2)102-78-94(114(92-71-59-86(60-72-92)84-37-25-22-26-38-84)108-48-34-46-106-110(108)100-42-30-32-44-104(100)112(106,89-65-53-81(11-5)54-66-89)90-67-55-82(12-6)56-68-90)74-76-98(102)97-75-73-93(77-101(95)97)113(91-69-57-85(58-70-91)83-35-23-21-24-36-83)107-47-33-45-105-109(107)99-41-29-31-43-103(99)111(105,87-61-49-79(9-3)50-62-87)88-63-51-80(10-4)52-64-88/h9-12,21-26,29-38,41-78H,3-8,13-20,27-28,39-40H2,1-2H3. The fourth-order valence-corrected chi connectivity index (χ4v) is 19.1. The Labute approximate surface area is 676 Å². The molecule has 0 aliphatic heterocycles. The Bertz CT molecular complexity index is 5510. The summed E-state index contributed by atoms with van der Waals surface area (Å²) in [7, 11) is 0. The third kappa shape index (κ3) is 13.5. The van der Waals surface area contributed by atoms with E-state index < -0.39 is 10.8 Å². The minimum Gasteiger partial charge on any atom is -0.310 e. The first-order valence-electron chi connectivity index (χ1n) is 41.6. The van der Waals surface area contributed by atoms with E-state index in [1.807, 2.05) is 24.3 Å². The highest BCUT2D eigenvalue weighted by Crippen LogP contribution is 2.62. The molecule has 2 nitrogen and oxygen atoms in total. The van der Waals surface area contributed by atoms with E-state index >= 15 is 0 Å². The molecule has 17 rings (SSSR count). The van der Waals surface area contributed by atoms with E-state index in [4.69, 9.17) is 0 Å². The zero-order chi connectivity index (χ0) is 77.5. The number of hydrogen-bond acceptors (Lipinski definition) is 2. The molecule has 2 aliphatic rings. The number of nitrogens with zero attached hydrogens (tertiary/aromatic N) is 2. The van der Waals surface area contributed by atoms with Gasteiger partial charge in [-0.25, -0.2) is 0 Å². The van der Waals surface area contributed by atoms with Gasteiger partial charge < -0.3 is 9.80 Å². The molecule has 0 saturated heterocycles. The van der Waals surface area contributed by atoms with Crippen LogP contribution in [0.2, 0.25) is 0 Å². The van der Waals surface area contributed by atoms with Gasteiger partial charge in [0.2, 0.25) is 0 Å². The summed E-state index contributed by atoms with van der Waals surface area (Å²) in [6.45, 7) is 21.4. The van der Waals surface area contributed by atoms with Crippen molar-refractivity contribution >= 4 is 80.0 Å². The molecule has 0 amide bonds. The van der Waals surface area contributed by atoms with Gasteiger partial charge in [0.25, 0.3) is 0 Å². The highest BCUT2D eigenvalue weighted by molar-refractivity contribution is 6.14. The van der Waals surface area contributed by atoms with Crippen LogP contribution >= 0.6 is 0 Å². The maximum Gasteiger partial charge on any atom is 0.0714 e. The van der Waals surface area contributed by atoms with Gasteiger partial charge >= 0.3 is 0 Å². The number of unbranched alkanes of at least 4 members (excludes halogenated alkanes) is 10. The average Bonchev–Trinajstić information content (AvgIpc) is 1.53. The molecule has 15 aromatic rings. The van der Waals surface area contributed by atoms with Crippen LogP contribution in [-0.4, -0.2) is 0 Å². The topological polar surface area (TPSA) is 6.48 Å². The first kappa shape index (κ1) is 74.1. The molecular formula is C112H100N2. The van der Waals surface area contributed by atoms with Gasteiger partial charge in [0.15, 0.2) is 0 Å². The Kier molecular flexibility index (Phi) is 21.4. The van der Waals surface area contributed by atoms with Crippen LogP contribution in [0.1, 0.15) is 169 Å². The first-order valence-corrected chi connectivity index (χ1v) is 41.6. The van der Waals surface area contributed by atoms with Crippen LogP contribution in [0, 0.1) is 0 Å². The maximum atomic E-state index is 4.19. The molecule has 114 heavy (non-hydrogen) atoms. The van der Waals surface area contributed by atoms with Gasteiger partial charge in [0.05, 0.1) is 22.2 Å². The Morgan fingerprint density at radius 3 is 0.895 bits per heavy atom. The van der Waals surface area contributed by atoms with E-state index in [2.05, 4.69) is 378 Å². The van der Waals surface area contributed by atoms with Gasteiger partial charge in [-0.05, 0) is 219 Å². The zero-order valence-corrected chi connectivity index (χ0v) is 66.1. The summed E-state index contributed by atoms with van der Waals surface area (Å²) < 4.78 is 0. The Hall–Kier alpha value is -12.6. The van der Waals surface area contributed by atoms with E-state index in [0.29, 0.717) is 0 Å². The van der Waals surface area contributed by atoms with Crippen molar-refractivity contribution in [2.75, 3.05) is 9.80 Å². The summed E-state index contributed by atoms with van der Waals surface area (Å²) in [6, 6.07) is 124. The van der Waals surface area contributed by atoms with Crippen LogP contribution in [0.15, 0.2) is 354 Å². The van der Waals surface area contributed by atoms with Crippen molar-refractivity contribution in [2.24, 2.45) is 0 Å². The van der Waals surface area contributed by atoms with Crippen molar-refractivity contribution in [3.63, 3.8) is 0 Å². The molecule has 2 heteroatoms. The van der Waals surface area contributed by atoms with Crippen LogP contribution in [0.5, 0.6) is 0 Å². The van der Waals surface area contributed by atoms with Crippen molar-refractivity contribution in [1.29, 1.82) is 0 Å². The van der Waals surface area contributed by atoms with Gasteiger partial charge in [-0.2, -0.15) is 0 Å². The monoisotopic (exact) mass is 1470 g/mol. The summed E-state index contributed by atoms with van der Waals surface area (Å²) in [4.78, 5) is 5.19. The van der Waals surface area contributed by atoms with Crippen molar-refractivity contribution in [3.05, 3.63) is 432 Å². The van der Waals surface area contributed by atoms with Crippen LogP contribution in [0.3, 0.4) is 0 Å². The number of fused-ring (bicyclic) bond motifs is 9. The fourth-order valence-electron chi connectivity index (χ4n) is 19.1. The lowest BCUT2D eigenvalue weighted by atomic mass is 9.67. The Morgan fingerprint density at radius 1 is 0.254 bits per heavy atom. The molecular weight excluding hydrogens is 1370 g/mol. The zero-order valence-electron chi connectivity index (χ0n) is 66.1. The predicted molar refractivity (Wildman–Crippen MR) is 491 cm³/mol. The lowest BCUT2D eigenvalue weighted by Gasteiger charge is -2.35. The van der Waals surface area contributed by atoms with Crippen molar-refractivity contribution in [2.45, 2.75) is 115 Å². The van der Waals surface area contributed by atoms with Gasteiger partial charge in [-0.3, -0.25) is 0 Å². The van der Waals surface area contributed by atoms with Crippen molar-refractivity contribution in [1.82, 2.24) is 0 Å². The van der Waals surface area contributed by atoms with Gasteiger partial charge in [-0.15, -0.1) is 0 Å². The predicted octanol–water partition coefficient (Wildman–Crippen LogP) is 31.4. The molecule has 558 valence electrons. The van der Waals surface area contributed by atoms with E-state index in [-0.39, 0.29) is 0 Å². The molecule has 0 heterocycles. The number of hydrogen-bond donors (Lipinski definition) is 0. The molecule has 0 atom stereocenters. The lowest BCUT2D eigenvalue weighted by Crippen LogP contribution is -2.28. The number of rotatable bonds is 30. The molecule has 0 fully saturated rings. The Balaban J connectivity index is 0.910. The fraction of sp³-hybridized carbons (Fsp3) is 0.161. The van der Waals surface area contributed by atoms with Crippen LogP contribution in [-0.2, 0) is 23.7 Å².